The number of rotatable bonds is 6. The van der Waals surface area contributed by atoms with Gasteiger partial charge in [0.15, 0.2) is 6.10 Å². The summed E-state index contributed by atoms with van der Waals surface area (Å²) in [6, 6.07) is 0. The fraction of sp³-hybridized carbons (Fsp3) is 0.875. The van der Waals surface area contributed by atoms with Gasteiger partial charge in [0, 0.05) is 5.88 Å². The van der Waals surface area contributed by atoms with E-state index in [0.717, 1.165) is 6.42 Å². The number of aliphatic carboxylic acids is 1. The zero-order valence-electron chi connectivity index (χ0n) is 7.42. The second-order valence-electron chi connectivity index (χ2n) is 2.70. The fourth-order valence-corrected chi connectivity index (χ4v) is 0.954. The van der Waals surface area contributed by atoms with Crippen LogP contribution < -0.4 is 0 Å². The Morgan fingerprint density at radius 1 is 1.67 bits per heavy atom. The van der Waals surface area contributed by atoms with Crippen molar-refractivity contribution in [2.75, 3.05) is 12.5 Å². The van der Waals surface area contributed by atoms with Crippen LogP contribution in [-0.2, 0) is 9.53 Å². The number of halogens is 1. The van der Waals surface area contributed by atoms with E-state index in [1.54, 1.807) is 0 Å². The van der Waals surface area contributed by atoms with Gasteiger partial charge in [0.2, 0.25) is 0 Å². The van der Waals surface area contributed by atoms with Gasteiger partial charge in [0.25, 0.3) is 0 Å². The van der Waals surface area contributed by atoms with Gasteiger partial charge in [0.1, 0.15) is 0 Å². The van der Waals surface area contributed by atoms with E-state index < -0.39 is 12.1 Å². The van der Waals surface area contributed by atoms with Crippen molar-refractivity contribution >= 4 is 17.6 Å². The van der Waals surface area contributed by atoms with Gasteiger partial charge in [-0.1, -0.05) is 20.3 Å². The lowest BCUT2D eigenvalue weighted by Gasteiger charge is -2.18. The minimum atomic E-state index is -0.908. The first-order chi connectivity index (χ1) is 5.63. The third kappa shape index (κ3) is 3.93. The first kappa shape index (κ1) is 11.7. The molecule has 0 aliphatic carbocycles. The lowest BCUT2D eigenvalue weighted by atomic mass is 10.0. The summed E-state index contributed by atoms with van der Waals surface area (Å²) in [4.78, 5) is 10.6. The van der Waals surface area contributed by atoms with Crippen molar-refractivity contribution in [1.82, 2.24) is 0 Å². The average Bonchev–Trinajstić information content (AvgIpc) is 2.04. The Kier molecular flexibility index (Phi) is 6.11. The van der Waals surface area contributed by atoms with Gasteiger partial charge in [-0.15, -0.1) is 11.6 Å². The molecule has 0 aliphatic heterocycles. The molecule has 0 bridgehead atoms. The van der Waals surface area contributed by atoms with E-state index in [1.807, 2.05) is 13.8 Å². The molecule has 0 aromatic rings. The number of ether oxygens (including phenoxy) is 1. The molecule has 0 radical (unpaired) electrons. The van der Waals surface area contributed by atoms with E-state index in [1.165, 1.54) is 0 Å². The Bertz CT molecular complexity index is 138. The summed E-state index contributed by atoms with van der Waals surface area (Å²) in [5, 5.41) is 8.73. The van der Waals surface area contributed by atoms with Gasteiger partial charge in [-0.05, 0) is 5.92 Å². The standard InChI is InChI=1S/C8H15ClO3/c1-3-6(2)7(8(10)11)12-5-4-9/h6-7H,3-5H2,1-2H3,(H,10,11). The Hall–Kier alpha value is -0.280. The molecule has 0 heterocycles. The summed E-state index contributed by atoms with van der Waals surface area (Å²) >= 11 is 5.38. The van der Waals surface area contributed by atoms with Crippen LogP contribution in [0.5, 0.6) is 0 Å². The number of hydrogen-bond donors (Lipinski definition) is 1. The van der Waals surface area contributed by atoms with Crippen molar-refractivity contribution in [3.63, 3.8) is 0 Å². The van der Waals surface area contributed by atoms with Crippen LogP contribution in [0, 0.1) is 5.92 Å². The molecule has 0 aromatic carbocycles. The van der Waals surface area contributed by atoms with Gasteiger partial charge in [-0.2, -0.15) is 0 Å². The number of alkyl halides is 1. The summed E-state index contributed by atoms with van der Waals surface area (Å²) in [7, 11) is 0. The molecule has 0 spiro atoms. The van der Waals surface area contributed by atoms with Crippen LogP contribution in [0.3, 0.4) is 0 Å². The van der Waals surface area contributed by atoms with Gasteiger partial charge in [-0.3, -0.25) is 0 Å². The maximum Gasteiger partial charge on any atom is 0.333 e. The first-order valence-electron chi connectivity index (χ1n) is 4.03. The van der Waals surface area contributed by atoms with E-state index in [9.17, 15) is 4.79 Å². The van der Waals surface area contributed by atoms with Crippen LogP contribution in [0.15, 0.2) is 0 Å². The Morgan fingerprint density at radius 2 is 2.25 bits per heavy atom. The summed E-state index contributed by atoms with van der Waals surface area (Å²) in [5.74, 6) is -0.541. The van der Waals surface area contributed by atoms with Crippen molar-refractivity contribution in [2.45, 2.75) is 26.4 Å². The van der Waals surface area contributed by atoms with E-state index in [0.29, 0.717) is 12.5 Å². The van der Waals surface area contributed by atoms with E-state index in [4.69, 9.17) is 21.4 Å². The molecular weight excluding hydrogens is 180 g/mol. The summed E-state index contributed by atoms with van der Waals surface area (Å²) in [6.07, 6.45) is 0.0768. The largest absolute Gasteiger partial charge is 0.479 e. The van der Waals surface area contributed by atoms with Gasteiger partial charge in [-0.25, -0.2) is 4.79 Å². The highest BCUT2D eigenvalue weighted by Crippen LogP contribution is 2.11. The van der Waals surface area contributed by atoms with E-state index in [2.05, 4.69) is 0 Å². The van der Waals surface area contributed by atoms with Crippen LogP contribution in [0.2, 0.25) is 0 Å². The molecule has 72 valence electrons. The smallest absolute Gasteiger partial charge is 0.333 e. The molecule has 1 N–H and O–H groups in total. The lowest BCUT2D eigenvalue weighted by molar-refractivity contribution is -0.153. The molecule has 12 heavy (non-hydrogen) atoms. The molecule has 0 amide bonds. The van der Waals surface area contributed by atoms with E-state index in [-0.39, 0.29) is 5.92 Å². The highest BCUT2D eigenvalue weighted by molar-refractivity contribution is 6.17. The summed E-state index contributed by atoms with van der Waals surface area (Å²) < 4.78 is 5.07. The van der Waals surface area contributed by atoms with Crippen molar-refractivity contribution in [3.8, 4) is 0 Å². The summed E-state index contributed by atoms with van der Waals surface area (Å²) in [6.45, 7) is 4.08. The number of carbonyl (C=O) groups is 1. The number of hydrogen-bond acceptors (Lipinski definition) is 2. The van der Waals surface area contributed by atoms with Gasteiger partial charge in [0.05, 0.1) is 6.61 Å². The second-order valence-corrected chi connectivity index (χ2v) is 3.08. The van der Waals surface area contributed by atoms with Crippen LogP contribution in [-0.4, -0.2) is 29.7 Å². The zero-order chi connectivity index (χ0) is 9.56. The van der Waals surface area contributed by atoms with E-state index >= 15 is 0 Å². The maximum absolute atomic E-state index is 10.6. The fourth-order valence-electron chi connectivity index (χ4n) is 0.865. The molecule has 0 aliphatic rings. The molecule has 0 fully saturated rings. The molecule has 0 saturated heterocycles. The summed E-state index contributed by atoms with van der Waals surface area (Å²) in [5.41, 5.74) is 0. The third-order valence-electron chi connectivity index (χ3n) is 1.78. The maximum atomic E-state index is 10.6. The topological polar surface area (TPSA) is 46.5 Å². The molecule has 0 aromatic heterocycles. The SMILES string of the molecule is CCC(C)C(OCCCl)C(=O)O. The normalized spacial score (nSPS) is 15.6. The molecule has 2 unspecified atom stereocenters. The number of carboxylic acid groups (broad SMARTS) is 1. The van der Waals surface area contributed by atoms with Crippen LogP contribution >= 0.6 is 11.6 Å². The van der Waals surface area contributed by atoms with Crippen molar-refractivity contribution in [1.29, 1.82) is 0 Å². The van der Waals surface area contributed by atoms with Crippen molar-refractivity contribution in [3.05, 3.63) is 0 Å². The van der Waals surface area contributed by atoms with Crippen LogP contribution in [0.1, 0.15) is 20.3 Å². The lowest BCUT2D eigenvalue weighted by Crippen LogP contribution is -2.31. The second kappa shape index (κ2) is 6.26. The molecule has 0 rings (SSSR count). The van der Waals surface area contributed by atoms with Crippen molar-refractivity contribution in [2.24, 2.45) is 5.92 Å². The predicted octanol–water partition coefficient (Wildman–Crippen LogP) is 1.74. The highest BCUT2D eigenvalue weighted by atomic mass is 35.5. The zero-order valence-corrected chi connectivity index (χ0v) is 8.17. The third-order valence-corrected chi connectivity index (χ3v) is 1.93. The van der Waals surface area contributed by atoms with Crippen molar-refractivity contribution < 1.29 is 14.6 Å². The monoisotopic (exact) mass is 194 g/mol. The minimum Gasteiger partial charge on any atom is -0.479 e. The minimum absolute atomic E-state index is 0.0331. The predicted molar refractivity (Wildman–Crippen MR) is 47.6 cm³/mol. The Labute approximate surface area is 77.7 Å². The number of carboxylic acids is 1. The highest BCUT2D eigenvalue weighted by Gasteiger charge is 2.23. The van der Waals surface area contributed by atoms with Crippen LogP contribution in [0.4, 0.5) is 0 Å². The molecular formula is C8H15ClO3. The molecule has 3 nitrogen and oxygen atoms in total. The van der Waals surface area contributed by atoms with Gasteiger partial charge >= 0.3 is 5.97 Å². The Morgan fingerprint density at radius 3 is 2.58 bits per heavy atom. The van der Waals surface area contributed by atoms with Crippen LogP contribution in [0.25, 0.3) is 0 Å². The Balaban J connectivity index is 3.94. The molecule has 2 atom stereocenters. The molecule has 0 saturated carbocycles. The molecule has 4 heteroatoms. The van der Waals surface area contributed by atoms with Gasteiger partial charge < -0.3 is 9.84 Å². The average molecular weight is 195 g/mol. The quantitative estimate of drug-likeness (QED) is 0.656. The first-order valence-corrected chi connectivity index (χ1v) is 4.57.